The van der Waals surface area contributed by atoms with Crippen molar-refractivity contribution in [2.75, 3.05) is 7.11 Å². The van der Waals surface area contributed by atoms with Gasteiger partial charge in [-0.1, -0.05) is 11.6 Å². The quantitative estimate of drug-likeness (QED) is 0.482. The Morgan fingerprint density at radius 3 is 2.62 bits per heavy atom. The number of hydrogen-bond acceptors (Lipinski definition) is 6. The molecule has 0 amide bonds. The fourth-order valence-electron chi connectivity index (χ4n) is 2.34. The third kappa shape index (κ3) is 3.81. The normalized spacial score (nSPS) is 21.6. The first-order valence-electron chi connectivity index (χ1n) is 6.55. The lowest BCUT2D eigenvalue weighted by molar-refractivity contribution is -0.385. The number of pyridine rings is 1. The second kappa shape index (κ2) is 6.71. The molecule has 114 valence electrons. The van der Waals surface area contributed by atoms with E-state index in [0.29, 0.717) is 25.7 Å². The number of aromatic nitrogens is 1. The molecule has 1 aromatic heterocycles. The van der Waals surface area contributed by atoms with Gasteiger partial charge >= 0.3 is 5.97 Å². The largest absolute Gasteiger partial charge is 0.473 e. The van der Waals surface area contributed by atoms with Crippen LogP contribution in [0.5, 0.6) is 5.88 Å². The first kappa shape index (κ1) is 15.5. The van der Waals surface area contributed by atoms with E-state index in [-0.39, 0.29) is 34.6 Å². The van der Waals surface area contributed by atoms with Crippen molar-refractivity contribution in [1.82, 2.24) is 4.98 Å². The Balaban J connectivity index is 1.95. The van der Waals surface area contributed by atoms with Gasteiger partial charge in [-0.2, -0.15) is 0 Å². The lowest BCUT2D eigenvalue weighted by Crippen LogP contribution is -2.28. The summed E-state index contributed by atoms with van der Waals surface area (Å²) < 4.78 is 10.4. The zero-order valence-corrected chi connectivity index (χ0v) is 12.2. The van der Waals surface area contributed by atoms with Crippen LogP contribution in [0.1, 0.15) is 25.7 Å². The summed E-state index contributed by atoms with van der Waals surface area (Å²) in [5.74, 6) is -0.0983. The molecule has 0 saturated heterocycles. The lowest BCUT2D eigenvalue weighted by Gasteiger charge is -2.27. The van der Waals surface area contributed by atoms with Gasteiger partial charge in [-0.05, 0) is 25.7 Å². The summed E-state index contributed by atoms with van der Waals surface area (Å²) in [6.45, 7) is 0. The Kier molecular flexibility index (Phi) is 4.95. The zero-order valence-electron chi connectivity index (χ0n) is 11.5. The number of carbonyl (C=O) groups is 1. The van der Waals surface area contributed by atoms with Crippen LogP contribution in [0.4, 0.5) is 5.69 Å². The van der Waals surface area contributed by atoms with Gasteiger partial charge in [0, 0.05) is 6.07 Å². The average molecular weight is 315 g/mol. The van der Waals surface area contributed by atoms with Crippen LogP contribution in [0.15, 0.2) is 12.3 Å². The smallest absolute Gasteiger partial charge is 0.308 e. The number of rotatable bonds is 4. The molecule has 0 aromatic carbocycles. The highest BCUT2D eigenvalue weighted by molar-refractivity contribution is 6.32. The first-order valence-corrected chi connectivity index (χ1v) is 6.93. The van der Waals surface area contributed by atoms with Gasteiger partial charge in [0.25, 0.3) is 5.69 Å². The topological polar surface area (TPSA) is 91.6 Å². The maximum atomic E-state index is 11.4. The molecule has 0 atom stereocenters. The molecule has 1 saturated carbocycles. The Hall–Kier alpha value is -1.89. The first-order chi connectivity index (χ1) is 10.0. The van der Waals surface area contributed by atoms with Gasteiger partial charge in [-0.3, -0.25) is 14.9 Å². The van der Waals surface area contributed by atoms with Crippen molar-refractivity contribution >= 4 is 23.3 Å². The fraction of sp³-hybridized carbons (Fsp3) is 0.538. The molecule has 0 bridgehead atoms. The number of methoxy groups -OCH3 is 1. The lowest BCUT2D eigenvalue weighted by atomic mass is 9.87. The van der Waals surface area contributed by atoms with Crippen molar-refractivity contribution in [2.45, 2.75) is 31.8 Å². The molecule has 1 heterocycles. The molecule has 1 aromatic rings. The summed E-state index contributed by atoms with van der Waals surface area (Å²) in [5, 5.41) is 10.7. The summed E-state index contributed by atoms with van der Waals surface area (Å²) >= 11 is 5.93. The summed E-state index contributed by atoms with van der Waals surface area (Å²) in [5.41, 5.74) is -0.179. The Morgan fingerprint density at radius 1 is 1.43 bits per heavy atom. The molecular formula is C13H15ClN2O5. The molecule has 0 unspecified atom stereocenters. The van der Waals surface area contributed by atoms with Gasteiger partial charge < -0.3 is 9.47 Å². The highest BCUT2D eigenvalue weighted by Gasteiger charge is 2.28. The Bertz CT molecular complexity index is 543. The highest BCUT2D eigenvalue weighted by Crippen LogP contribution is 2.31. The molecule has 0 N–H and O–H groups in total. The van der Waals surface area contributed by atoms with E-state index in [0.717, 1.165) is 6.20 Å². The predicted octanol–water partition coefficient (Wildman–Crippen LogP) is 2.75. The Morgan fingerprint density at radius 2 is 2.10 bits per heavy atom. The van der Waals surface area contributed by atoms with Crippen LogP contribution in [0.3, 0.4) is 0 Å². The molecule has 0 spiro atoms. The molecular weight excluding hydrogens is 300 g/mol. The van der Waals surface area contributed by atoms with Crippen molar-refractivity contribution in [3.63, 3.8) is 0 Å². The zero-order chi connectivity index (χ0) is 15.4. The third-order valence-corrected chi connectivity index (χ3v) is 3.76. The minimum Gasteiger partial charge on any atom is -0.473 e. The molecule has 0 radical (unpaired) electrons. The molecule has 1 aliphatic carbocycles. The minimum atomic E-state index is -0.565. The molecule has 7 nitrogen and oxygen atoms in total. The third-order valence-electron chi connectivity index (χ3n) is 3.49. The van der Waals surface area contributed by atoms with Crippen molar-refractivity contribution in [1.29, 1.82) is 0 Å². The molecule has 0 aliphatic heterocycles. The molecule has 2 rings (SSSR count). The van der Waals surface area contributed by atoms with Crippen LogP contribution < -0.4 is 4.74 Å². The van der Waals surface area contributed by atoms with E-state index in [9.17, 15) is 14.9 Å². The van der Waals surface area contributed by atoms with E-state index >= 15 is 0 Å². The number of esters is 1. The van der Waals surface area contributed by atoms with E-state index in [2.05, 4.69) is 4.98 Å². The fourth-order valence-corrected chi connectivity index (χ4v) is 2.55. The number of halogens is 1. The maximum Gasteiger partial charge on any atom is 0.308 e. The number of nitro groups is 1. The summed E-state index contributed by atoms with van der Waals surface area (Å²) in [4.78, 5) is 25.3. The van der Waals surface area contributed by atoms with Crippen LogP contribution in [-0.2, 0) is 9.53 Å². The van der Waals surface area contributed by atoms with Gasteiger partial charge in [-0.25, -0.2) is 4.98 Å². The van der Waals surface area contributed by atoms with Gasteiger partial charge in [0.2, 0.25) is 5.88 Å². The maximum absolute atomic E-state index is 11.4. The van der Waals surface area contributed by atoms with Crippen LogP contribution >= 0.6 is 11.6 Å². The van der Waals surface area contributed by atoms with Gasteiger partial charge in [0.15, 0.2) is 0 Å². The van der Waals surface area contributed by atoms with E-state index in [1.54, 1.807) is 0 Å². The van der Waals surface area contributed by atoms with Gasteiger partial charge in [0.1, 0.15) is 17.3 Å². The number of carbonyl (C=O) groups excluding carboxylic acids is 1. The van der Waals surface area contributed by atoms with Crippen LogP contribution in [0.25, 0.3) is 0 Å². The van der Waals surface area contributed by atoms with Gasteiger partial charge in [-0.15, -0.1) is 0 Å². The SMILES string of the molecule is COC(=O)[C@H]1CC[C@H](Oc2ncc([N+](=O)[O-])cc2Cl)CC1. The van der Waals surface area contributed by atoms with Crippen LogP contribution in [0.2, 0.25) is 5.02 Å². The molecule has 1 fully saturated rings. The second-order valence-corrected chi connectivity index (χ2v) is 5.26. The monoisotopic (exact) mass is 314 g/mol. The highest BCUT2D eigenvalue weighted by atomic mass is 35.5. The summed E-state index contributed by atoms with van der Waals surface area (Å²) in [7, 11) is 1.38. The standard InChI is InChI=1S/C13H15ClN2O5/c1-20-13(17)8-2-4-10(5-3-8)21-12-11(14)6-9(7-15-12)16(18)19/h6-8,10H,2-5H2,1H3/t8-,10-. The predicted molar refractivity (Wildman–Crippen MR) is 74.3 cm³/mol. The average Bonchev–Trinajstić information content (AvgIpc) is 2.49. The number of ether oxygens (including phenoxy) is 2. The van der Waals surface area contributed by atoms with Gasteiger partial charge in [0.05, 0.1) is 18.0 Å². The van der Waals surface area contributed by atoms with E-state index < -0.39 is 4.92 Å². The molecule has 21 heavy (non-hydrogen) atoms. The van der Waals surface area contributed by atoms with Crippen molar-refractivity contribution in [2.24, 2.45) is 5.92 Å². The van der Waals surface area contributed by atoms with Crippen LogP contribution in [-0.4, -0.2) is 29.1 Å². The number of nitrogens with zero attached hydrogens (tertiary/aromatic N) is 2. The second-order valence-electron chi connectivity index (χ2n) is 4.85. The molecule has 1 aliphatic rings. The minimum absolute atomic E-state index is 0.0878. The molecule has 8 heteroatoms. The summed E-state index contributed by atoms with van der Waals surface area (Å²) in [6, 6.07) is 1.21. The van der Waals surface area contributed by atoms with E-state index in [1.807, 2.05) is 0 Å². The van der Waals surface area contributed by atoms with E-state index in [4.69, 9.17) is 21.1 Å². The summed E-state index contributed by atoms with van der Waals surface area (Å²) in [6.07, 6.45) is 3.76. The van der Waals surface area contributed by atoms with Crippen molar-refractivity contribution in [3.05, 3.63) is 27.4 Å². The number of hydrogen-bond donors (Lipinski definition) is 0. The van der Waals surface area contributed by atoms with Crippen molar-refractivity contribution < 1.29 is 19.2 Å². The van der Waals surface area contributed by atoms with Crippen molar-refractivity contribution in [3.8, 4) is 5.88 Å². The van der Waals surface area contributed by atoms with E-state index in [1.165, 1.54) is 13.2 Å². The van der Waals surface area contributed by atoms with Crippen LogP contribution in [0, 0.1) is 16.0 Å². The Labute approximate surface area is 126 Å².